The molecule has 2 saturated heterocycles. The second-order valence-electron chi connectivity index (χ2n) is 7.49. The summed E-state index contributed by atoms with van der Waals surface area (Å²) in [4.78, 5) is 14.0. The summed E-state index contributed by atoms with van der Waals surface area (Å²) in [5, 5.41) is 5.49. The number of hydrogen-bond donors (Lipinski definition) is 3. The van der Waals surface area contributed by atoms with Crippen molar-refractivity contribution in [1.82, 2.24) is 5.32 Å². The summed E-state index contributed by atoms with van der Waals surface area (Å²) >= 11 is 0. The number of benzene rings is 1. The van der Waals surface area contributed by atoms with Crippen molar-refractivity contribution in [3.8, 4) is 0 Å². The third-order valence-electron chi connectivity index (χ3n) is 5.75. The number of carbonyl (C=O) groups excluding carboxylic acids is 1. The molecule has 2 aliphatic heterocycles. The zero-order valence-electron chi connectivity index (χ0n) is 13.7. The lowest BCUT2D eigenvalue weighted by Crippen LogP contribution is -3.22. The monoisotopic (exact) mass is 336 g/mol. The Morgan fingerprint density at radius 1 is 1.04 bits per heavy atom. The molecule has 4 rings (SSSR count). The first-order chi connectivity index (χ1) is 11.6. The van der Waals surface area contributed by atoms with E-state index in [1.807, 2.05) is 0 Å². The summed E-state index contributed by atoms with van der Waals surface area (Å²) in [7, 11) is 0. The summed E-state index contributed by atoms with van der Waals surface area (Å²) < 4.78 is 26.6. The molecule has 1 aromatic carbocycles. The number of hydrogen-bond acceptors (Lipinski definition) is 1. The van der Waals surface area contributed by atoms with Crippen molar-refractivity contribution >= 4 is 11.7 Å². The van der Waals surface area contributed by atoms with Gasteiger partial charge in [0.1, 0.15) is 11.6 Å². The van der Waals surface area contributed by atoms with Crippen LogP contribution in [0.15, 0.2) is 18.2 Å². The SMILES string of the molecule is O=C(Nc1ccc(F)cc1F)NC1C[C@H]2CCC[C@@H](C1)[NH+]2C1CC1. The maximum Gasteiger partial charge on any atom is 0.319 e. The Kier molecular flexibility index (Phi) is 4.16. The quantitative estimate of drug-likeness (QED) is 0.779. The summed E-state index contributed by atoms with van der Waals surface area (Å²) in [6, 6.07) is 5.06. The molecule has 2 unspecified atom stereocenters. The molecule has 1 aliphatic carbocycles. The molecule has 3 fully saturated rings. The molecule has 0 aromatic heterocycles. The smallest absolute Gasteiger partial charge is 0.319 e. The van der Waals surface area contributed by atoms with Crippen LogP contribution in [0.5, 0.6) is 0 Å². The Labute approximate surface area is 140 Å². The molecule has 3 aliphatic rings. The second-order valence-corrected chi connectivity index (χ2v) is 7.49. The van der Waals surface area contributed by atoms with Gasteiger partial charge in [-0.2, -0.15) is 0 Å². The number of urea groups is 1. The number of amides is 2. The van der Waals surface area contributed by atoms with Crippen molar-refractivity contribution in [1.29, 1.82) is 0 Å². The van der Waals surface area contributed by atoms with Crippen molar-refractivity contribution in [3.05, 3.63) is 29.8 Å². The lowest BCUT2D eigenvalue weighted by molar-refractivity contribution is -0.971. The van der Waals surface area contributed by atoms with Gasteiger partial charge in [0.25, 0.3) is 0 Å². The van der Waals surface area contributed by atoms with Crippen molar-refractivity contribution in [3.63, 3.8) is 0 Å². The number of carbonyl (C=O) groups is 1. The minimum atomic E-state index is -0.755. The highest BCUT2D eigenvalue weighted by Gasteiger charge is 2.48. The van der Waals surface area contributed by atoms with Gasteiger partial charge in [0.2, 0.25) is 0 Å². The third kappa shape index (κ3) is 3.24. The first-order valence-electron chi connectivity index (χ1n) is 8.99. The van der Waals surface area contributed by atoms with Crippen LogP contribution in [0.3, 0.4) is 0 Å². The van der Waals surface area contributed by atoms with Crippen LogP contribution in [0.1, 0.15) is 44.9 Å². The largest absolute Gasteiger partial charge is 0.335 e. The normalized spacial score (nSPS) is 32.2. The molecule has 0 spiro atoms. The Balaban J connectivity index is 1.36. The summed E-state index contributed by atoms with van der Waals surface area (Å²) in [6.07, 6.45) is 8.49. The predicted molar refractivity (Wildman–Crippen MR) is 86.9 cm³/mol. The van der Waals surface area contributed by atoms with Crippen LogP contribution in [0.4, 0.5) is 19.3 Å². The van der Waals surface area contributed by atoms with Gasteiger partial charge in [-0.1, -0.05) is 0 Å². The second kappa shape index (κ2) is 6.31. The van der Waals surface area contributed by atoms with Crippen molar-refractivity contribution in [2.24, 2.45) is 0 Å². The molecule has 2 bridgehead atoms. The van der Waals surface area contributed by atoms with E-state index >= 15 is 0 Å². The van der Waals surface area contributed by atoms with E-state index in [0.717, 1.165) is 31.0 Å². The molecular formula is C18H24F2N3O+. The standard InChI is InChI=1S/C18H23F2N3O/c19-11-4-7-17(16(20)8-11)22-18(24)21-12-9-14-2-1-3-15(10-12)23(14)13-5-6-13/h4,7-8,12-15H,1-3,5-6,9-10H2,(H2,21,22,24)/p+1/t12?,14-,15+. The molecule has 130 valence electrons. The predicted octanol–water partition coefficient (Wildman–Crippen LogP) is 2.22. The molecule has 4 atom stereocenters. The zero-order valence-corrected chi connectivity index (χ0v) is 13.7. The fourth-order valence-corrected chi connectivity index (χ4v) is 4.70. The maximum atomic E-state index is 13.6. The van der Waals surface area contributed by atoms with E-state index in [9.17, 15) is 13.6 Å². The van der Waals surface area contributed by atoms with Crippen molar-refractivity contribution in [2.45, 2.75) is 69.1 Å². The highest BCUT2D eigenvalue weighted by Crippen LogP contribution is 2.27. The maximum absolute atomic E-state index is 13.6. The van der Waals surface area contributed by atoms with Crippen LogP contribution in [0, 0.1) is 11.6 Å². The Morgan fingerprint density at radius 3 is 2.38 bits per heavy atom. The van der Waals surface area contributed by atoms with Crippen molar-refractivity contribution in [2.75, 3.05) is 5.32 Å². The zero-order chi connectivity index (χ0) is 16.7. The van der Waals surface area contributed by atoms with E-state index in [1.54, 1.807) is 4.90 Å². The van der Waals surface area contributed by atoms with Gasteiger partial charge in [0.05, 0.1) is 23.8 Å². The van der Waals surface area contributed by atoms with Gasteiger partial charge < -0.3 is 15.5 Å². The van der Waals surface area contributed by atoms with Gasteiger partial charge in [0.15, 0.2) is 0 Å². The van der Waals surface area contributed by atoms with Gasteiger partial charge in [-0.05, 0) is 31.4 Å². The van der Waals surface area contributed by atoms with Gasteiger partial charge >= 0.3 is 6.03 Å². The lowest BCUT2D eigenvalue weighted by Gasteiger charge is -2.46. The van der Waals surface area contributed by atoms with Crippen LogP contribution < -0.4 is 15.5 Å². The van der Waals surface area contributed by atoms with Crippen LogP contribution in [-0.2, 0) is 0 Å². The van der Waals surface area contributed by atoms with Crippen LogP contribution >= 0.6 is 0 Å². The number of anilines is 1. The average molecular weight is 336 g/mol. The highest BCUT2D eigenvalue weighted by atomic mass is 19.1. The van der Waals surface area contributed by atoms with Gasteiger partial charge in [-0.25, -0.2) is 13.6 Å². The summed E-state index contributed by atoms with van der Waals surface area (Å²) in [5.41, 5.74) is 0.00938. The molecule has 24 heavy (non-hydrogen) atoms. The lowest BCUT2D eigenvalue weighted by atomic mass is 9.81. The average Bonchev–Trinajstić information content (AvgIpc) is 3.34. The van der Waals surface area contributed by atoms with Crippen LogP contribution in [0.2, 0.25) is 0 Å². The number of quaternary nitrogens is 1. The van der Waals surface area contributed by atoms with E-state index in [0.29, 0.717) is 12.1 Å². The minimum Gasteiger partial charge on any atom is -0.335 e. The molecule has 4 nitrogen and oxygen atoms in total. The molecular weight excluding hydrogens is 312 g/mol. The summed E-state index contributed by atoms with van der Waals surface area (Å²) in [6.45, 7) is 0. The van der Waals surface area contributed by atoms with Crippen molar-refractivity contribution < 1.29 is 18.5 Å². The number of fused-ring (bicyclic) bond motifs is 2. The van der Waals surface area contributed by atoms with Gasteiger partial charge in [-0.15, -0.1) is 0 Å². The summed E-state index contributed by atoms with van der Waals surface area (Å²) in [5.74, 6) is -1.41. The molecule has 3 N–H and O–H groups in total. The van der Waals surface area contributed by atoms with Crippen LogP contribution in [-0.4, -0.2) is 30.2 Å². The number of nitrogens with one attached hydrogen (secondary N) is 3. The van der Waals surface area contributed by atoms with Gasteiger partial charge in [0, 0.05) is 37.8 Å². The molecule has 6 heteroatoms. The first kappa shape index (κ1) is 15.8. The van der Waals surface area contributed by atoms with Crippen LogP contribution in [0.25, 0.3) is 0 Å². The van der Waals surface area contributed by atoms with Gasteiger partial charge in [-0.3, -0.25) is 0 Å². The highest BCUT2D eigenvalue weighted by molar-refractivity contribution is 5.89. The minimum absolute atomic E-state index is 0.00938. The number of piperidine rings is 2. The van der Waals surface area contributed by atoms with E-state index < -0.39 is 17.7 Å². The third-order valence-corrected chi connectivity index (χ3v) is 5.75. The fourth-order valence-electron chi connectivity index (χ4n) is 4.70. The Hall–Kier alpha value is -1.69. The van der Waals surface area contributed by atoms with E-state index in [-0.39, 0.29) is 11.7 Å². The Morgan fingerprint density at radius 2 is 1.75 bits per heavy atom. The molecule has 1 saturated carbocycles. The first-order valence-corrected chi connectivity index (χ1v) is 8.99. The Bertz CT molecular complexity index is 621. The molecule has 2 heterocycles. The molecule has 2 amide bonds. The number of rotatable bonds is 3. The molecule has 1 aromatic rings. The number of halogens is 2. The van der Waals surface area contributed by atoms with E-state index in [1.165, 1.54) is 38.2 Å². The molecule has 0 radical (unpaired) electrons. The topological polar surface area (TPSA) is 45.6 Å². The van der Waals surface area contributed by atoms with E-state index in [4.69, 9.17) is 0 Å². The fraction of sp³-hybridized carbons (Fsp3) is 0.611. The van der Waals surface area contributed by atoms with E-state index in [2.05, 4.69) is 10.6 Å².